The quantitative estimate of drug-likeness (QED) is 0.531. The molecule has 0 saturated heterocycles. The summed E-state index contributed by atoms with van der Waals surface area (Å²) in [4.78, 5) is 0. The van der Waals surface area contributed by atoms with Crippen LogP contribution in [0.4, 0.5) is 0 Å². The number of hydrogen-bond donors (Lipinski definition) is 1. The van der Waals surface area contributed by atoms with Crippen molar-refractivity contribution in [3.63, 3.8) is 0 Å². The molecule has 1 saturated carbocycles. The summed E-state index contributed by atoms with van der Waals surface area (Å²) in [6.45, 7) is 9.56. The van der Waals surface area contributed by atoms with E-state index in [0.29, 0.717) is 5.41 Å². The molecular formula is C17H35N. The van der Waals surface area contributed by atoms with Crippen LogP contribution in [0, 0.1) is 11.3 Å². The van der Waals surface area contributed by atoms with Gasteiger partial charge in [0.25, 0.3) is 0 Å². The minimum Gasteiger partial charge on any atom is -0.316 e. The topological polar surface area (TPSA) is 12.0 Å². The summed E-state index contributed by atoms with van der Waals surface area (Å²) in [5.74, 6) is 0.856. The Balaban J connectivity index is 2.11. The molecule has 0 heterocycles. The third-order valence-corrected chi connectivity index (χ3v) is 4.46. The van der Waals surface area contributed by atoms with Gasteiger partial charge < -0.3 is 5.32 Å². The molecule has 108 valence electrons. The van der Waals surface area contributed by atoms with E-state index in [2.05, 4.69) is 26.1 Å². The number of rotatable bonds is 10. The van der Waals surface area contributed by atoms with Gasteiger partial charge in [-0.3, -0.25) is 0 Å². The van der Waals surface area contributed by atoms with E-state index >= 15 is 0 Å². The lowest BCUT2D eigenvalue weighted by atomic mass is 9.78. The molecular weight excluding hydrogens is 218 g/mol. The molecule has 0 unspecified atom stereocenters. The van der Waals surface area contributed by atoms with Crippen molar-refractivity contribution in [2.45, 2.75) is 85.0 Å². The van der Waals surface area contributed by atoms with Crippen LogP contribution in [0.25, 0.3) is 0 Å². The zero-order valence-electron chi connectivity index (χ0n) is 13.1. The molecule has 0 bridgehead atoms. The number of hydrogen-bond acceptors (Lipinski definition) is 1. The summed E-state index contributed by atoms with van der Waals surface area (Å²) >= 11 is 0. The fraction of sp³-hybridized carbons (Fsp3) is 1.00. The molecule has 0 spiro atoms. The molecule has 1 nitrogen and oxygen atoms in total. The van der Waals surface area contributed by atoms with Gasteiger partial charge in [-0.15, -0.1) is 0 Å². The lowest BCUT2D eigenvalue weighted by Gasteiger charge is -2.31. The van der Waals surface area contributed by atoms with Crippen LogP contribution >= 0.6 is 0 Å². The maximum Gasteiger partial charge on any atom is 0.000790 e. The highest BCUT2D eigenvalue weighted by Crippen LogP contribution is 2.42. The Labute approximate surface area is 115 Å². The van der Waals surface area contributed by atoms with Crippen molar-refractivity contribution in [2.75, 3.05) is 13.1 Å². The Bertz CT molecular complexity index is 192. The Kier molecular flexibility index (Phi) is 7.97. The SMILES string of the molecule is CCCCCCCNCC1(CC(C)C)CCCC1. The van der Waals surface area contributed by atoms with Crippen LogP contribution in [-0.2, 0) is 0 Å². The van der Waals surface area contributed by atoms with Gasteiger partial charge in [-0.1, -0.05) is 59.3 Å². The van der Waals surface area contributed by atoms with Crippen molar-refractivity contribution >= 4 is 0 Å². The molecule has 1 aliphatic carbocycles. The molecule has 0 aromatic carbocycles. The molecule has 0 amide bonds. The van der Waals surface area contributed by atoms with Crippen LogP contribution in [0.5, 0.6) is 0 Å². The smallest absolute Gasteiger partial charge is 0.000790 e. The zero-order valence-corrected chi connectivity index (χ0v) is 13.1. The van der Waals surface area contributed by atoms with Gasteiger partial charge >= 0.3 is 0 Å². The van der Waals surface area contributed by atoms with Crippen LogP contribution in [0.3, 0.4) is 0 Å². The van der Waals surface area contributed by atoms with Crippen LogP contribution in [0.2, 0.25) is 0 Å². The highest BCUT2D eigenvalue weighted by Gasteiger charge is 2.33. The maximum atomic E-state index is 3.75. The fourth-order valence-corrected chi connectivity index (χ4v) is 3.65. The summed E-state index contributed by atoms with van der Waals surface area (Å²) < 4.78 is 0. The third-order valence-electron chi connectivity index (χ3n) is 4.46. The van der Waals surface area contributed by atoms with E-state index in [1.54, 1.807) is 0 Å². The molecule has 0 aliphatic heterocycles. The van der Waals surface area contributed by atoms with E-state index in [0.717, 1.165) is 5.92 Å². The van der Waals surface area contributed by atoms with Gasteiger partial charge in [-0.05, 0) is 43.6 Å². The van der Waals surface area contributed by atoms with Gasteiger partial charge in [-0.25, -0.2) is 0 Å². The number of nitrogens with one attached hydrogen (secondary N) is 1. The predicted octanol–water partition coefficient (Wildman–Crippen LogP) is 5.15. The molecule has 0 atom stereocenters. The molecule has 1 heteroatoms. The Hall–Kier alpha value is -0.0400. The molecule has 1 aliphatic rings. The highest BCUT2D eigenvalue weighted by atomic mass is 14.9. The van der Waals surface area contributed by atoms with Crippen molar-refractivity contribution < 1.29 is 0 Å². The highest BCUT2D eigenvalue weighted by molar-refractivity contribution is 4.87. The normalized spacial score (nSPS) is 18.7. The summed E-state index contributed by atoms with van der Waals surface area (Å²) in [5.41, 5.74) is 0.650. The van der Waals surface area contributed by atoms with Gasteiger partial charge in [0.2, 0.25) is 0 Å². The average Bonchev–Trinajstić information content (AvgIpc) is 2.76. The Morgan fingerprint density at radius 3 is 2.28 bits per heavy atom. The van der Waals surface area contributed by atoms with Crippen molar-refractivity contribution in [3.8, 4) is 0 Å². The van der Waals surface area contributed by atoms with Gasteiger partial charge in [0.05, 0.1) is 0 Å². The Morgan fingerprint density at radius 1 is 1.00 bits per heavy atom. The minimum absolute atomic E-state index is 0.650. The van der Waals surface area contributed by atoms with E-state index in [9.17, 15) is 0 Å². The van der Waals surface area contributed by atoms with Crippen molar-refractivity contribution in [1.29, 1.82) is 0 Å². The van der Waals surface area contributed by atoms with E-state index in [1.165, 1.54) is 77.3 Å². The summed E-state index contributed by atoms with van der Waals surface area (Å²) in [6.07, 6.45) is 14.3. The van der Waals surface area contributed by atoms with Crippen LogP contribution in [-0.4, -0.2) is 13.1 Å². The molecule has 0 radical (unpaired) electrons. The van der Waals surface area contributed by atoms with Crippen LogP contribution in [0.1, 0.15) is 85.0 Å². The second kappa shape index (κ2) is 8.96. The van der Waals surface area contributed by atoms with E-state index in [4.69, 9.17) is 0 Å². The zero-order chi connectivity index (χ0) is 13.3. The summed E-state index contributed by atoms with van der Waals surface area (Å²) in [5, 5.41) is 3.75. The van der Waals surface area contributed by atoms with Gasteiger partial charge in [0.1, 0.15) is 0 Å². The van der Waals surface area contributed by atoms with Gasteiger partial charge in [-0.2, -0.15) is 0 Å². The molecule has 1 rings (SSSR count). The first-order valence-corrected chi connectivity index (χ1v) is 8.39. The maximum absolute atomic E-state index is 3.75. The third kappa shape index (κ3) is 6.22. The largest absolute Gasteiger partial charge is 0.316 e. The Morgan fingerprint density at radius 2 is 1.67 bits per heavy atom. The van der Waals surface area contributed by atoms with Crippen molar-refractivity contribution in [3.05, 3.63) is 0 Å². The van der Waals surface area contributed by atoms with Crippen LogP contribution < -0.4 is 5.32 Å². The average molecular weight is 253 g/mol. The van der Waals surface area contributed by atoms with E-state index < -0.39 is 0 Å². The molecule has 1 fully saturated rings. The fourth-order valence-electron chi connectivity index (χ4n) is 3.65. The van der Waals surface area contributed by atoms with Crippen molar-refractivity contribution in [1.82, 2.24) is 5.32 Å². The van der Waals surface area contributed by atoms with E-state index in [-0.39, 0.29) is 0 Å². The van der Waals surface area contributed by atoms with Gasteiger partial charge in [0.15, 0.2) is 0 Å². The first kappa shape index (κ1) is 16.0. The second-order valence-corrected chi connectivity index (χ2v) is 6.90. The predicted molar refractivity (Wildman–Crippen MR) is 82.0 cm³/mol. The van der Waals surface area contributed by atoms with E-state index in [1.807, 2.05) is 0 Å². The first-order valence-electron chi connectivity index (χ1n) is 8.39. The first-order chi connectivity index (χ1) is 8.68. The molecule has 0 aromatic heterocycles. The number of unbranched alkanes of at least 4 members (excludes halogenated alkanes) is 4. The minimum atomic E-state index is 0.650. The standard InChI is InChI=1S/C17H35N/c1-4-5-6-7-10-13-18-15-17(14-16(2)3)11-8-9-12-17/h16,18H,4-15H2,1-3H3. The second-order valence-electron chi connectivity index (χ2n) is 6.90. The van der Waals surface area contributed by atoms with Gasteiger partial charge in [0, 0.05) is 6.54 Å². The summed E-state index contributed by atoms with van der Waals surface area (Å²) in [6, 6.07) is 0. The lowest BCUT2D eigenvalue weighted by molar-refractivity contribution is 0.224. The molecule has 0 aromatic rings. The molecule has 18 heavy (non-hydrogen) atoms. The lowest BCUT2D eigenvalue weighted by Crippen LogP contribution is -2.33. The molecule has 1 N–H and O–H groups in total. The van der Waals surface area contributed by atoms with Crippen molar-refractivity contribution in [2.24, 2.45) is 11.3 Å². The monoisotopic (exact) mass is 253 g/mol. The van der Waals surface area contributed by atoms with Crippen LogP contribution in [0.15, 0.2) is 0 Å². The summed E-state index contributed by atoms with van der Waals surface area (Å²) in [7, 11) is 0.